The summed E-state index contributed by atoms with van der Waals surface area (Å²) in [5.74, 6) is -1.33. The van der Waals surface area contributed by atoms with Crippen LogP contribution in [0.3, 0.4) is 0 Å². The minimum atomic E-state index is -0.660. The third-order valence-electron chi connectivity index (χ3n) is 4.86. The number of nitrogens with one attached hydrogen (secondary N) is 1. The van der Waals surface area contributed by atoms with Crippen LogP contribution in [0.4, 0.5) is 0 Å². The summed E-state index contributed by atoms with van der Waals surface area (Å²) in [6.45, 7) is 8.04. The fraction of sp³-hybridized carbons (Fsp3) is 0.375. The first-order chi connectivity index (χ1) is 14.1. The molecule has 0 radical (unpaired) electrons. The molecular weight excluding hydrogens is 380 g/mol. The van der Waals surface area contributed by atoms with Gasteiger partial charge in [0.25, 0.3) is 11.8 Å². The Morgan fingerprint density at radius 1 is 1.00 bits per heavy atom. The molecule has 2 aromatic carbocycles. The van der Waals surface area contributed by atoms with E-state index >= 15 is 0 Å². The maximum atomic E-state index is 12.2. The Hall–Kier alpha value is -3.15. The monoisotopic (exact) mass is 410 g/mol. The number of nitrogens with zero attached hydrogens (tertiary/aromatic N) is 1. The van der Waals surface area contributed by atoms with Gasteiger partial charge in [-0.05, 0) is 41.2 Å². The summed E-state index contributed by atoms with van der Waals surface area (Å²) in [5.41, 5.74) is 3.70. The average molecular weight is 411 g/mol. The molecule has 0 bridgehead atoms. The van der Waals surface area contributed by atoms with Gasteiger partial charge in [0.1, 0.15) is 6.54 Å². The minimum Gasteiger partial charge on any atom is -0.454 e. The second-order valence-corrected chi connectivity index (χ2v) is 8.35. The van der Waals surface area contributed by atoms with E-state index < -0.39 is 5.97 Å². The number of benzene rings is 2. The molecule has 2 aromatic rings. The van der Waals surface area contributed by atoms with E-state index in [-0.39, 0.29) is 30.4 Å². The maximum absolute atomic E-state index is 12.2. The molecule has 0 saturated heterocycles. The molecule has 160 valence electrons. The zero-order valence-electron chi connectivity index (χ0n) is 18.3. The second kappa shape index (κ2) is 10.1. The quantitative estimate of drug-likeness (QED) is 0.711. The number of ether oxygens (including phenoxy) is 1. The smallest absolute Gasteiger partial charge is 0.325 e. The molecule has 0 aliphatic heterocycles. The first kappa shape index (κ1) is 23.1. The Morgan fingerprint density at radius 3 is 2.23 bits per heavy atom. The molecule has 0 aromatic heterocycles. The molecule has 6 nitrogen and oxygen atoms in total. The van der Waals surface area contributed by atoms with Gasteiger partial charge in [0.15, 0.2) is 6.61 Å². The van der Waals surface area contributed by atoms with Crippen LogP contribution in [0.15, 0.2) is 48.5 Å². The van der Waals surface area contributed by atoms with E-state index in [1.165, 1.54) is 4.90 Å². The van der Waals surface area contributed by atoms with Crippen LogP contribution in [-0.4, -0.2) is 42.9 Å². The lowest BCUT2D eigenvalue weighted by molar-refractivity contribution is -0.150. The highest BCUT2D eigenvalue weighted by Gasteiger charge is 2.16. The number of esters is 1. The zero-order chi connectivity index (χ0) is 22.3. The van der Waals surface area contributed by atoms with E-state index in [4.69, 9.17) is 4.74 Å². The van der Waals surface area contributed by atoms with Crippen LogP contribution in [0.5, 0.6) is 0 Å². The lowest BCUT2D eigenvalue weighted by Gasteiger charge is -2.19. The Labute approximate surface area is 178 Å². The van der Waals surface area contributed by atoms with Crippen LogP contribution in [0.1, 0.15) is 47.8 Å². The van der Waals surface area contributed by atoms with Crippen LogP contribution in [0, 0.1) is 6.92 Å². The molecule has 6 heteroatoms. The number of hydrogen-bond acceptors (Lipinski definition) is 4. The number of carbonyl (C=O) groups excluding carboxylic acids is 3. The van der Waals surface area contributed by atoms with Crippen LogP contribution in [0.2, 0.25) is 0 Å². The van der Waals surface area contributed by atoms with Gasteiger partial charge in [-0.1, -0.05) is 57.2 Å². The van der Waals surface area contributed by atoms with Gasteiger partial charge in [0, 0.05) is 19.2 Å². The molecule has 2 amide bonds. The predicted octanol–water partition coefficient (Wildman–Crippen LogP) is 3.22. The molecular formula is C24H30N2O4. The molecule has 0 spiro atoms. The van der Waals surface area contributed by atoms with Gasteiger partial charge in [0.05, 0.1) is 0 Å². The molecule has 2 rings (SSSR count). The standard InChI is InChI=1S/C24H30N2O4/c1-17-8-6-7-9-19(17)15-26(5)21(27)16-30-22(28)14-25-23(29)18-10-12-20(13-11-18)24(2,3)4/h6-13H,14-16H2,1-5H3,(H,25,29). The first-order valence-corrected chi connectivity index (χ1v) is 9.91. The van der Waals surface area contributed by atoms with Crippen LogP contribution in [-0.2, 0) is 26.3 Å². The van der Waals surface area contributed by atoms with Crippen molar-refractivity contribution in [2.75, 3.05) is 20.2 Å². The van der Waals surface area contributed by atoms with Crippen molar-refractivity contribution in [2.24, 2.45) is 0 Å². The van der Waals surface area contributed by atoms with Gasteiger partial charge in [-0.3, -0.25) is 14.4 Å². The van der Waals surface area contributed by atoms with Crippen molar-refractivity contribution in [2.45, 2.75) is 39.7 Å². The van der Waals surface area contributed by atoms with E-state index in [2.05, 4.69) is 26.1 Å². The molecule has 1 N–H and O–H groups in total. The van der Waals surface area contributed by atoms with Crippen molar-refractivity contribution in [3.05, 3.63) is 70.8 Å². The third-order valence-corrected chi connectivity index (χ3v) is 4.86. The number of aryl methyl sites for hydroxylation is 1. The summed E-state index contributed by atoms with van der Waals surface area (Å²) in [5, 5.41) is 2.52. The second-order valence-electron chi connectivity index (χ2n) is 8.35. The number of likely N-dealkylation sites (N-methyl/N-ethyl adjacent to an activating group) is 1. The van der Waals surface area contributed by atoms with Crippen molar-refractivity contribution >= 4 is 17.8 Å². The molecule has 30 heavy (non-hydrogen) atoms. The Morgan fingerprint density at radius 2 is 1.63 bits per heavy atom. The van der Waals surface area contributed by atoms with E-state index in [1.54, 1.807) is 19.2 Å². The van der Waals surface area contributed by atoms with Gasteiger partial charge in [-0.25, -0.2) is 0 Å². The Kier molecular flexibility index (Phi) is 7.75. The van der Waals surface area contributed by atoms with Crippen molar-refractivity contribution < 1.29 is 19.1 Å². The van der Waals surface area contributed by atoms with Crippen LogP contribution in [0.25, 0.3) is 0 Å². The summed E-state index contributed by atoms with van der Waals surface area (Å²) in [6.07, 6.45) is 0. The summed E-state index contributed by atoms with van der Waals surface area (Å²) < 4.78 is 5.00. The summed E-state index contributed by atoms with van der Waals surface area (Å²) in [7, 11) is 1.66. The first-order valence-electron chi connectivity index (χ1n) is 9.91. The molecule has 0 fully saturated rings. The van der Waals surface area contributed by atoms with Gasteiger partial charge in [0.2, 0.25) is 0 Å². The lowest BCUT2D eigenvalue weighted by Crippen LogP contribution is -2.34. The number of amides is 2. The topological polar surface area (TPSA) is 75.7 Å². The zero-order valence-corrected chi connectivity index (χ0v) is 18.3. The molecule has 0 aliphatic carbocycles. The Balaban J connectivity index is 1.77. The highest BCUT2D eigenvalue weighted by molar-refractivity contribution is 5.96. The average Bonchev–Trinajstić information content (AvgIpc) is 2.71. The highest BCUT2D eigenvalue weighted by Crippen LogP contribution is 2.22. The summed E-state index contributed by atoms with van der Waals surface area (Å²) in [6, 6.07) is 15.0. The van der Waals surface area contributed by atoms with Crippen molar-refractivity contribution in [1.82, 2.24) is 10.2 Å². The third kappa shape index (κ3) is 6.72. The largest absolute Gasteiger partial charge is 0.454 e. The fourth-order valence-corrected chi connectivity index (χ4v) is 2.81. The minimum absolute atomic E-state index is 0.00226. The van der Waals surface area contributed by atoms with Gasteiger partial charge < -0.3 is 15.0 Å². The van der Waals surface area contributed by atoms with E-state index in [0.717, 1.165) is 16.7 Å². The van der Waals surface area contributed by atoms with E-state index in [9.17, 15) is 14.4 Å². The SMILES string of the molecule is Cc1ccccc1CN(C)C(=O)COC(=O)CNC(=O)c1ccc(C(C)(C)C)cc1. The molecule has 0 heterocycles. The maximum Gasteiger partial charge on any atom is 0.325 e. The predicted molar refractivity (Wildman–Crippen MR) is 116 cm³/mol. The van der Waals surface area contributed by atoms with Crippen molar-refractivity contribution in [3.63, 3.8) is 0 Å². The highest BCUT2D eigenvalue weighted by atomic mass is 16.5. The van der Waals surface area contributed by atoms with Gasteiger partial charge in [-0.15, -0.1) is 0 Å². The fourth-order valence-electron chi connectivity index (χ4n) is 2.81. The molecule has 0 unspecified atom stereocenters. The number of hydrogen-bond donors (Lipinski definition) is 1. The number of carbonyl (C=O) groups is 3. The van der Waals surface area contributed by atoms with Crippen molar-refractivity contribution in [1.29, 1.82) is 0 Å². The normalized spacial score (nSPS) is 11.0. The Bertz CT molecular complexity index is 898. The van der Waals surface area contributed by atoms with Gasteiger partial charge >= 0.3 is 5.97 Å². The summed E-state index contributed by atoms with van der Waals surface area (Å²) in [4.78, 5) is 37.8. The van der Waals surface area contributed by atoms with Gasteiger partial charge in [-0.2, -0.15) is 0 Å². The molecule has 0 atom stereocenters. The van der Waals surface area contributed by atoms with E-state index in [0.29, 0.717) is 12.1 Å². The van der Waals surface area contributed by atoms with Crippen LogP contribution < -0.4 is 5.32 Å². The summed E-state index contributed by atoms with van der Waals surface area (Å²) >= 11 is 0. The van der Waals surface area contributed by atoms with E-state index in [1.807, 2.05) is 43.3 Å². The number of rotatable bonds is 7. The molecule has 0 saturated carbocycles. The van der Waals surface area contributed by atoms with Crippen LogP contribution >= 0.6 is 0 Å². The molecule has 0 aliphatic rings. The lowest BCUT2D eigenvalue weighted by atomic mass is 9.87. The van der Waals surface area contributed by atoms with Crippen molar-refractivity contribution in [3.8, 4) is 0 Å².